The molecule has 44 nitrogen and oxygen atoms in total. The number of nitrogens with one attached hydrogen (secondary N) is 11. The van der Waals surface area contributed by atoms with E-state index in [0.29, 0.717) is 34.9 Å². The average Bonchev–Trinajstić information content (AvgIpc) is 1.61. The maximum absolute atomic E-state index is 16.1. The molecular formula is C92H131N21O23S. The van der Waals surface area contributed by atoms with Crippen molar-refractivity contribution in [3.63, 3.8) is 0 Å². The number of carbonyl (C=O) groups is 19. The van der Waals surface area contributed by atoms with Crippen molar-refractivity contribution in [1.29, 1.82) is 0 Å². The standard InChI is InChI=1S/C92H131N21O23S/c1-11-13-23-69-84(127)101-60(34-48(3)4)81(124)107-67(79(122)98-43-74(96)117)46-137-47-75(118)99-63(36-51-27-29-53(114)30-28-51)87(130)108(8)50(7)78(121)103-65(40-73(95)116)89(132)111-33-19-26-70(111)85(128)106-66(41-94)83(126)104-62(35-49(5)6)90(133)113-44-54(115)38-72(113)86(129)102-61(37-52-42-97-58-22-17-15-20-55(52)58)82(125)100-59(31-32-93)80(123)105-64(88(131)110(10)71(24-14-12-2)91(134)109(69)9)39-57-56-21-16-18-25-68(56)112(45-76(119)120)77(57)92(135)136/h15-18,20-22,25,27-30,42,48-50,54,59-67,69-72,97,114-115H,11-14,19,23-24,26,31-41,43-47,93-94H2,1-10H3,(H2,95,116)(H2,96,117)(H,98,122)(H,99,118)(H,100,125)(H,101,127)(H,102,129)(H,103,121)(H,104,126)(H,105,123)(H,106,128)(H,107,124)(H,119,120)(H,135,136)/t50-,54+,59-,60-,61-,62-,63-,64-,65-,66-,67-,69-,70-,71-,72-/m0/s1. The highest BCUT2D eigenvalue weighted by molar-refractivity contribution is 8.00. The SMILES string of the molecule is CCCC[C@H]1C(=O)N(C)[C@@H](CCCC)C(=O)N[C@@H](CC(C)C)C(=O)N[C@H](C(=O)NCC(N)=O)CSCC(=O)N[C@@H](Cc2ccc(O)cc2)C(=O)N(C)[C@@H](C)C(=O)N[C@@H](CC(N)=O)C(=O)N2CCC[C@H]2C(=O)N[C@@H](CN)C(=O)N[C@@H](CC(C)C)C(=O)N2C[C@H](O)C[C@H]2C(=O)N[C@@H](Cc2c[nH]c3ccccc23)C(=O)N[C@@H](CCN)C(=O)N[C@@H](Cc2c(C(=O)O)n(CC(=O)O)c3ccccc23)C(=O)N1C. The predicted octanol–water partition coefficient (Wildman–Crippen LogP) is -2.54. The molecule has 2 aromatic heterocycles. The summed E-state index contributed by atoms with van der Waals surface area (Å²) in [6.45, 7) is 8.54. The summed E-state index contributed by atoms with van der Waals surface area (Å²) in [5.74, 6) is -21.6. The van der Waals surface area contributed by atoms with E-state index in [2.05, 4.69) is 58.2 Å². The number of primary amides is 2. The molecular weight excluding hydrogens is 1800 g/mol. The van der Waals surface area contributed by atoms with Gasteiger partial charge in [0, 0.05) is 100 Å². The number of carboxylic acids is 2. The number of aromatic nitrogens is 2. The van der Waals surface area contributed by atoms with Crippen molar-refractivity contribution in [2.75, 3.05) is 65.4 Å². The molecule has 748 valence electrons. The van der Waals surface area contributed by atoms with Crippen LogP contribution in [0.25, 0.3) is 21.8 Å². The largest absolute Gasteiger partial charge is 0.508 e. The van der Waals surface area contributed by atoms with Gasteiger partial charge in [0.15, 0.2) is 0 Å². The number of nitrogens with two attached hydrogens (primary N) is 4. The Morgan fingerprint density at radius 1 is 0.547 bits per heavy atom. The summed E-state index contributed by atoms with van der Waals surface area (Å²) in [7, 11) is 3.75. The second-order valence-corrected chi connectivity index (χ2v) is 36.8. The van der Waals surface area contributed by atoms with Crippen LogP contribution in [0, 0.1) is 11.8 Å². The fourth-order valence-electron chi connectivity index (χ4n) is 17.2. The highest BCUT2D eigenvalue weighted by atomic mass is 32.2. The molecule has 45 heteroatoms. The quantitative estimate of drug-likeness (QED) is 0.0258. The molecule has 8 rings (SSSR count). The monoisotopic (exact) mass is 1930 g/mol. The number of benzene rings is 3. The number of carbonyl (C=O) groups excluding carboxylic acids is 17. The van der Waals surface area contributed by atoms with Crippen LogP contribution in [0.1, 0.15) is 159 Å². The molecule has 0 radical (unpaired) electrons. The second-order valence-electron chi connectivity index (χ2n) is 35.7. The third-order valence-corrected chi connectivity index (χ3v) is 25.5. The number of H-pyrrole nitrogens is 1. The summed E-state index contributed by atoms with van der Waals surface area (Å²) in [4.78, 5) is 285. The zero-order valence-corrected chi connectivity index (χ0v) is 79.6. The zero-order valence-electron chi connectivity index (χ0n) is 78.7. The Morgan fingerprint density at radius 3 is 1.72 bits per heavy atom. The minimum Gasteiger partial charge on any atom is -0.508 e. The number of thioether (sulfide) groups is 1. The molecule has 23 N–H and O–H groups in total. The van der Waals surface area contributed by atoms with Crippen molar-refractivity contribution in [3.8, 4) is 5.75 Å². The molecule has 0 spiro atoms. The Bertz CT molecular complexity index is 5220. The number of nitrogens with zero attached hydrogens (tertiary/aromatic N) is 6. The van der Waals surface area contributed by atoms with Gasteiger partial charge >= 0.3 is 11.9 Å². The highest BCUT2D eigenvalue weighted by Gasteiger charge is 2.47. The number of aromatic hydroxyl groups is 1. The predicted molar refractivity (Wildman–Crippen MR) is 502 cm³/mol. The van der Waals surface area contributed by atoms with Crippen LogP contribution < -0.4 is 76.1 Å². The number of fused-ring (bicyclic) bond motifs is 4. The maximum atomic E-state index is 16.1. The number of hydrogen-bond acceptors (Lipinski definition) is 24. The van der Waals surface area contributed by atoms with Gasteiger partial charge in [-0.05, 0) is 111 Å². The number of aromatic amines is 1. The van der Waals surface area contributed by atoms with Crippen molar-refractivity contribution < 1.29 is 112 Å². The molecule has 5 heterocycles. The lowest BCUT2D eigenvalue weighted by Crippen LogP contribution is -2.62. The lowest BCUT2D eigenvalue weighted by atomic mass is 9.98. The van der Waals surface area contributed by atoms with Crippen molar-refractivity contribution in [2.24, 2.45) is 34.8 Å². The first-order valence-corrected chi connectivity index (χ1v) is 47.1. The summed E-state index contributed by atoms with van der Waals surface area (Å²) >= 11 is 0.763. The summed E-state index contributed by atoms with van der Waals surface area (Å²) in [6, 6.07) is -3.97. The van der Waals surface area contributed by atoms with E-state index >= 15 is 33.6 Å². The van der Waals surface area contributed by atoms with Crippen LogP contribution >= 0.6 is 11.8 Å². The van der Waals surface area contributed by atoms with E-state index in [-0.39, 0.29) is 111 Å². The van der Waals surface area contributed by atoms with E-state index in [4.69, 9.17) is 22.9 Å². The molecule has 0 bridgehead atoms. The number of phenolic OH excluding ortho intramolecular Hbond substituents is 1. The van der Waals surface area contributed by atoms with Gasteiger partial charge in [0.1, 0.15) is 103 Å². The number of rotatable bonds is 27. The molecule has 0 saturated carbocycles. The van der Waals surface area contributed by atoms with E-state index in [1.165, 1.54) is 76.6 Å². The molecule has 3 aliphatic heterocycles. The van der Waals surface area contributed by atoms with Gasteiger partial charge in [-0.2, -0.15) is 0 Å². The number of carboxylic acid groups (broad SMARTS) is 2. The Morgan fingerprint density at radius 2 is 1.09 bits per heavy atom. The molecule has 3 aromatic carbocycles. The number of aliphatic hydroxyl groups is 1. The summed E-state index contributed by atoms with van der Waals surface area (Å²) in [5, 5.41) is 69.9. The Labute approximate surface area is 796 Å². The van der Waals surface area contributed by atoms with Gasteiger partial charge < -0.3 is 131 Å². The molecule has 17 amide bonds. The maximum Gasteiger partial charge on any atom is 0.352 e. The molecule has 5 aromatic rings. The first kappa shape index (κ1) is 109. The fraction of sp³-hybridized carbons (Fsp3) is 0.554. The van der Waals surface area contributed by atoms with E-state index in [1.54, 1.807) is 65.1 Å². The van der Waals surface area contributed by atoms with Crippen molar-refractivity contribution in [3.05, 3.63) is 101 Å². The number of hydrogen-bond donors (Lipinski definition) is 19. The Balaban J connectivity index is 1.23. The van der Waals surface area contributed by atoms with Crippen LogP contribution in [0.3, 0.4) is 0 Å². The number of likely N-dealkylation sites (N-methyl/N-ethyl adjacent to an activating group) is 3. The first-order valence-electron chi connectivity index (χ1n) is 45.9. The molecule has 3 aliphatic rings. The number of aromatic carboxylic acids is 1. The lowest BCUT2D eigenvalue weighted by molar-refractivity contribution is -0.149. The average molecular weight is 1930 g/mol. The van der Waals surface area contributed by atoms with Gasteiger partial charge in [0.2, 0.25) is 100 Å². The topological polar surface area (TPSA) is 667 Å². The van der Waals surface area contributed by atoms with E-state index < -0.39 is 272 Å². The van der Waals surface area contributed by atoms with Gasteiger partial charge in [-0.15, -0.1) is 11.8 Å². The molecule has 137 heavy (non-hydrogen) atoms. The minimum absolute atomic E-state index is 0.0323. The van der Waals surface area contributed by atoms with Crippen molar-refractivity contribution in [1.82, 2.24) is 87.2 Å². The first-order chi connectivity index (χ1) is 64.9. The van der Waals surface area contributed by atoms with Gasteiger partial charge in [-0.25, -0.2) is 4.79 Å². The molecule has 3 fully saturated rings. The van der Waals surface area contributed by atoms with Crippen LogP contribution in [0.5, 0.6) is 5.75 Å². The van der Waals surface area contributed by atoms with E-state index in [9.17, 15) is 78.0 Å². The minimum atomic E-state index is -1.94. The number of amides is 17. The second kappa shape index (κ2) is 51.0. The van der Waals surface area contributed by atoms with Gasteiger partial charge in [-0.3, -0.25) is 86.3 Å². The van der Waals surface area contributed by atoms with Crippen LogP contribution in [0.2, 0.25) is 0 Å². The number of aliphatic carboxylic acids is 1. The van der Waals surface area contributed by atoms with Gasteiger partial charge in [0.05, 0.1) is 24.8 Å². The number of unbranched alkanes of at least 4 members (excludes halogenated alkanes) is 2. The molecule has 3 saturated heterocycles. The van der Waals surface area contributed by atoms with Gasteiger partial charge in [0.25, 0.3) is 0 Å². The summed E-state index contributed by atoms with van der Waals surface area (Å²) < 4.78 is 0.999. The number of aliphatic hydroxyl groups excluding tert-OH is 1. The van der Waals surface area contributed by atoms with Crippen LogP contribution in [-0.4, -0.2) is 323 Å². The molecule has 0 aliphatic carbocycles. The summed E-state index contributed by atoms with van der Waals surface area (Å²) in [5.41, 5.74) is 24.3. The van der Waals surface area contributed by atoms with E-state index in [1.807, 2.05) is 6.92 Å². The zero-order chi connectivity index (χ0) is 101. The van der Waals surface area contributed by atoms with Crippen LogP contribution in [0.4, 0.5) is 0 Å². The van der Waals surface area contributed by atoms with Crippen LogP contribution in [-0.2, 0) is 112 Å². The number of para-hydroxylation sites is 2. The Hall–Kier alpha value is -13.3. The lowest BCUT2D eigenvalue weighted by Gasteiger charge is -2.36. The van der Waals surface area contributed by atoms with Crippen molar-refractivity contribution in [2.45, 2.75) is 248 Å². The highest BCUT2D eigenvalue weighted by Crippen LogP contribution is 2.31. The Kier molecular flexibility index (Phi) is 40.6. The number of phenols is 1. The smallest absolute Gasteiger partial charge is 0.352 e. The third kappa shape index (κ3) is 29.6. The normalized spacial score (nSPS) is 24.6. The molecule has 15 atom stereocenters. The van der Waals surface area contributed by atoms with Gasteiger partial charge in [-0.1, -0.05) is 116 Å². The third-order valence-electron chi connectivity index (χ3n) is 24.5. The van der Waals surface area contributed by atoms with E-state index in [0.717, 1.165) is 40.8 Å². The fourth-order valence-corrected chi connectivity index (χ4v) is 18.0. The van der Waals surface area contributed by atoms with Crippen LogP contribution in [0.15, 0.2) is 79.0 Å². The molecule has 0 unspecified atom stereocenters. The summed E-state index contributed by atoms with van der Waals surface area (Å²) in [6.07, 6.45) is -1.71. The van der Waals surface area contributed by atoms with Crippen molar-refractivity contribution >= 4 is 146 Å².